The van der Waals surface area contributed by atoms with Crippen LogP contribution in [-0.4, -0.2) is 49.7 Å². The van der Waals surface area contributed by atoms with E-state index in [1.54, 1.807) is 29.2 Å². The van der Waals surface area contributed by atoms with Crippen molar-refractivity contribution in [1.29, 1.82) is 0 Å². The molecule has 1 aromatic rings. The fraction of sp³-hybridized carbons (Fsp3) is 0.571. The molecule has 0 atom stereocenters. The smallest absolute Gasteiger partial charge is 0.254 e. The zero-order valence-electron chi connectivity index (χ0n) is 16.6. The van der Waals surface area contributed by atoms with Gasteiger partial charge in [0.1, 0.15) is 0 Å². The normalized spacial score (nSPS) is 15.7. The van der Waals surface area contributed by atoms with Crippen LogP contribution in [0, 0.1) is 5.92 Å². The third-order valence-corrected chi connectivity index (χ3v) is 7.31. The molecular weight excluding hydrogens is 360 g/mol. The molecule has 0 spiro atoms. The van der Waals surface area contributed by atoms with E-state index in [2.05, 4.69) is 6.58 Å². The number of hydrogen-bond acceptors (Lipinski definition) is 3. The Kier molecular flexibility index (Phi) is 8.05. The van der Waals surface area contributed by atoms with E-state index in [0.717, 1.165) is 12.8 Å². The first-order valence-corrected chi connectivity index (χ1v) is 11.4. The first-order chi connectivity index (χ1) is 12.9. The Bertz CT molecular complexity index is 736. The lowest BCUT2D eigenvalue weighted by molar-refractivity contribution is 0.0735. The third kappa shape index (κ3) is 5.42. The lowest BCUT2D eigenvalue weighted by atomic mass is 9.89. The summed E-state index contributed by atoms with van der Waals surface area (Å²) in [6, 6.07) is 6.41. The highest BCUT2D eigenvalue weighted by molar-refractivity contribution is 7.89. The number of hydrogen-bond donors (Lipinski definition) is 0. The minimum atomic E-state index is -3.58. The molecule has 1 fully saturated rings. The molecule has 5 nitrogen and oxygen atoms in total. The number of benzene rings is 1. The van der Waals surface area contributed by atoms with Crippen LogP contribution in [0.4, 0.5) is 0 Å². The summed E-state index contributed by atoms with van der Waals surface area (Å²) in [5, 5.41) is 0. The molecule has 2 rings (SSSR count). The summed E-state index contributed by atoms with van der Waals surface area (Å²) in [4.78, 5) is 15.0. The van der Waals surface area contributed by atoms with Crippen LogP contribution in [0.25, 0.3) is 0 Å². The van der Waals surface area contributed by atoms with Crippen LogP contribution in [0.1, 0.15) is 56.3 Å². The maximum absolute atomic E-state index is 13.1. The maximum Gasteiger partial charge on any atom is 0.254 e. The van der Waals surface area contributed by atoms with Gasteiger partial charge in [0.05, 0.1) is 4.90 Å². The first kappa shape index (κ1) is 21.6. The van der Waals surface area contributed by atoms with E-state index in [1.807, 2.05) is 13.8 Å². The lowest BCUT2D eigenvalue weighted by Crippen LogP contribution is -2.36. The summed E-state index contributed by atoms with van der Waals surface area (Å²) in [5.74, 6) is 0.391. The molecule has 0 unspecified atom stereocenters. The maximum atomic E-state index is 13.1. The van der Waals surface area contributed by atoms with E-state index < -0.39 is 10.0 Å². The summed E-state index contributed by atoms with van der Waals surface area (Å²) in [5.41, 5.74) is 0.417. The quantitative estimate of drug-likeness (QED) is 0.599. The van der Waals surface area contributed by atoms with Crippen LogP contribution < -0.4 is 0 Å². The number of sulfonamides is 1. The summed E-state index contributed by atoms with van der Waals surface area (Å²) in [6.07, 6.45) is 7.75. The van der Waals surface area contributed by atoms with E-state index in [1.165, 1.54) is 29.6 Å². The number of rotatable bonds is 9. The second kappa shape index (κ2) is 10.0. The molecule has 27 heavy (non-hydrogen) atoms. The summed E-state index contributed by atoms with van der Waals surface area (Å²) < 4.78 is 26.9. The van der Waals surface area contributed by atoms with Gasteiger partial charge in [0.15, 0.2) is 0 Å². The topological polar surface area (TPSA) is 57.7 Å². The van der Waals surface area contributed by atoms with Crippen LogP contribution in [-0.2, 0) is 10.0 Å². The molecular formula is C21H32N2O3S. The molecule has 0 radical (unpaired) electrons. The monoisotopic (exact) mass is 392 g/mol. The molecule has 0 aromatic heterocycles. The highest BCUT2D eigenvalue weighted by atomic mass is 32.2. The van der Waals surface area contributed by atoms with Gasteiger partial charge >= 0.3 is 0 Å². The van der Waals surface area contributed by atoms with Crippen molar-refractivity contribution in [1.82, 2.24) is 9.21 Å². The standard InChI is InChI=1S/C21H32N2O3S/c1-4-15-22(17-18-11-8-7-9-12-18)21(24)19-13-10-14-20(16-19)27(25,26)23(5-2)6-3/h4,10,13-14,16,18H,1,5-9,11-12,15,17H2,2-3H3. The fourth-order valence-electron chi connectivity index (χ4n) is 3.76. The van der Waals surface area contributed by atoms with Gasteiger partial charge in [-0.1, -0.05) is 45.3 Å². The second-order valence-corrected chi connectivity index (χ2v) is 9.06. The molecule has 1 amide bonds. The Morgan fingerprint density at radius 1 is 1.19 bits per heavy atom. The Morgan fingerprint density at radius 2 is 1.85 bits per heavy atom. The number of amides is 1. The van der Waals surface area contributed by atoms with E-state index in [0.29, 0.717) is 37.7 Å². The largest absolute Gasteiger partial charge is 0.335 e. The van der Waals surface area contributed by atoms with E-state index in [9.17, 15) is 13.2 Å². The Hall–Kier alpha value is -1.66. The average molecular weight is 393 g/mol. The van der Waals surface area contributed by atoms with Crippen molar-refractivity contribution in [3.63, 3.8) is 0 Å². The van der Waals surface area contributed by atoms with E-state index >= 15 is 0 Å². The molecule has 150 valence electrons. The molecule has 1 aliphatic rings. The molecule has 0 N–H and O–H groups in total. The molecule has 6 heteroatoms. The van der Waals surface area contributed by atoms with Crippen molar-refractivity contribution in [2.75, 3.05) is 26.2 Å². The Labute approximate surface area is 164 Å². The average Bonchev–Trinajstić information content (AvgIpc) is 2.69. The van der Waals surface area contributed by atoms with Gasteiger partial charge in [-0.25, -0.2) is 8.42 Å². The Morgan fingerprint density at radius 3 is 2.44 bits per heavy atom. The second-order valence-electron chi connectivity index (χ2n) is 7.12. The minimum absolute atomic E-state index is 0.128. The van der Waals surface area contributed by atoms with Crippen LogP contribution in [0.15, 0.2) is 41.8 Å². The molecule has 0 aliphatic heterocycles. The van der Waals surface area contributed by atoms with Gasteiger partial charge in [-0.2, -0.15) is 4.31 Å². The molecule has 0 saturated heterocycles. The fourth-order valence-corrected chi connectivity index (χ4v) is 5.27. The van der Waals surface area contributed by atoms with Gasteiger partial charge in [-0.05, 0) is 37.0 Å². The zero-order valence-corrected chi connectivity index (χ0v) is 17.4. The predicted molar refractivity (Wildman–Crippen MR) is 109 cm³/mol. The van der Waals surface area contributed by atoms with E-state index in [4.69, 9.17) is 0 Å². The lowest BCUT2D eigenvalue weighted by Gasteiger charge is -2.29. The summed E-state index contributed by atoms with van der Waals surface area (Å²) in [7, 11) is -3.58. The van der Waals surface area contributed by atoms with Crippen LogP contribution in [0.5, 0.6) is 0 Å². The zero-order chi connectivity index (χ0) is 19.9. The SMILES string of the molecule is C=CCN(CC1CCCCC1)C(=O)c1cccc(S(=O)(=O)N(CC)CC)c1. The van der Waals surface area contributed by atoms with Gasteiger partial charge in [-0.3, -0.25) is 4.79 Å². The van der Waals surface area contributed by atoms with Gasteiger partial charge in [0.25, 0.3) is 5.91 Å². The Balaban J connectivity index is 2.24. The first-order valence-electron chi connectivity index (χ1n) is 9.94. The number of carbonyl (C=O) groups excluding carboxylic acids is 1. The molecule has 0 heterocycles. The van der Waals surface area contributed by atoms with Crippen LogP contribution in [0.2, 0.25) is 0 Å². The minimum Gasteiger partial charge on any atom is -0.335 e. The van der Waals surface area contributed by atoms with Crippen molar-refractivity contribution in [3.8, 4) is 0 Å². The van der Waals surface area contributed by atoms with Crippen LogP contribution in [0.3, 0.4) is 0 Å². The van der Waals surface area contributed by atoms with Gasteiger partial charge in [0, 0.05) is 31.7 Å². The molecule has 0 bridgehead atoms. The van der Waals surface area contributed by atoms with Gasteiger partial charge < -0.3 is 4.90 Å². The van der Waals surface area contributed by atoms with Crippen molar-refractivity contribution in [2.45, 2.75) is 50.8 Å². The van der Waals surface area contributed by atoms with Gasteiger partial charge in [0.2, 0.25) is 10.0 Å². The van der Waals surface area contributed by atoms with Crippen molar-refractivity contribution in [2.24, 2.45) is 5.92 Å². The number of nitrogens with zero attached hydrogens (tertiary/aromatic N) is 2. The van der Waals surface area contributed by atoms with E-state index in [-0.39, 0.29) is 10.8 Å². The predicted octanol–water partition coefficient (Wildman–Crippen LogP) is 3.93. The van der Waals surface area contributed by atoms with Gasteiger partial charge in [-0.15, -0.1) is 6.58 Å². The van der Waals surface area contributed by atoms with Crippen molar-refractivity contribution in [3.05, 3.63) is 42.5 Å². The van der Waals surface area contributed by atoms with Crippen molar-refractivity contribution < 1.29 is 13.2 Å². The van der Waals surface area contributed by atoms with Crippen molar-refractivity contribution >= 4 is 15.9 Å². The highest BCUT2D eigenvalue weighted by Gasteiger charge is 2.25. The highest BCUT2D eigenvalue weighted by Crippen LogP contribution is 2.25. The molecule has 1 aromatic carbocycles. The third-order valence-electron chi connectivity index (χ3n) is 5.26. The molecule has 1 aliphatic carbocycles. The summed E-state index contributed by atoms with van der Waals surface area (Å²) in [6.45, 7) is 9.39. The molecule has 1 saturated carbocycles. The van der Waals surface area contributed by atoms with Crippen LogP contribution >= 0.6 is 0 Å². The number of carbonyl (C=O) groups is 1. The summed E-state index contributed by atoms with van der Waals surface area (Å²) >= 11 is 0.